The van der Waals surface area contributed by atoms with E-state index in [0.29, 0.717) is 0 Å². The van der Waals surface area contributed by atoms with E-state index in [-0.39, 0.29) is 12.5 Å². The summed E-state index contributed by atoms with van der Waals surface area (Å²) in [4.78, 5) is 11.6. The van der Waals surface area contributed by atoms with Crippen molar-refractivity contribution in [2.75, 3.05) is 6.54 Å². The number of benzene rings is 1. The highest BCUT2D eigenvalue weighted by molar-refractivity contribution is 9.10. The molecule has 0 radical (unpaired) electrons. The molecule has 1 amide bonds. The van der Waals surface area contributed by atoms with Gasteiger partial charge in [-0.1, -0.05) is 48.8 Å². The van der Waals surface area contributed by atoms with Crippen LogP contribution >= 0.6 is 15.9 Å². The zero-order chi connectivity index (χ0) is 13.1. The highest BCUT2D eigenvalue weighted by Crippen LogP contribution is 2.17. The quantitative estimate of drug-likeness (QED) is 0.901. The molecule has 94 valence electrons. The fourth-order valence-corrected chi connectivity index (χ4v) is 1.52. The van der Waals surface area contributed by atoms with Gasteiger partial charge in [0.1, 0.15) is 0 Å². The number of aliphatic hydroxyl groups is 1. The van der Waals surface area contributed by atoms with Crippen LogP contribution in [0.4, 0.5) is 0 Å². The number of aliphatic hydroxyl groups excluding tert-OH is 1. The first kappa shape index (κ1) is 14.2. The molecule has 2 N–H and O–H groups in total. The maximum atomic E-state index is 11.6. The number of hydrogen-bond acceptors (Lipinski definition) is 2. The Morgan fingerprint density at radius 2 is 1.88 bits per heavy atom. The van der Waals surface area contributed by atoms with Crippen molar-refractivity contribution in [3.05, 3.63) is 34.3 Å². The molecule has 4 heteroatoms. The number of amides is 1. The van der Waals surface area contributed by atoms with Gasteiger partial charge in [-0.05, 0) is 17.7 Å². The van der Waals surface area contributed by atoms with Crippen molar-refractivity contribution in [1.82, 2.24) is 5.32 Å². The zero-order valence-electron chi connectivity index (χ0n) is 10.3. The predicted octanol–water partition coefficient (Wildman–Crippen LogP) is 2.64. The summed E-state index contributed by atoms with van der Waals surface area (Å²) in [7, 11) is 0. The minimum absolute atomic E-state index is 0.0614. The SMILES string of the molecule is CC(C)(C)C(=O)NCC(O)c1ccc(Br)cc1. The maximum Gasteiger partial charge on any atom is 0.225 e. The van der Waals surface area contributed by atoms with E-state index in [9.17, 15) is 9.90 Å². The van der Waals surface area contributed by atoms with Crippen LogP contribution in [0, 0.1) is 5.41 Å². The normalized spacial score (nSPS) is 13.2. The molecule has 0 aliphatic heterocycles. The Morgan fingerprint density at radius 3 is 2.35 bits per heavy atom. The van der Waals surface area contributed by atoms with E-state index in [2.05, 4.69) is 21.2 Å². The monoisotopic (exact) mass is 299 g/mol. The molecule has 1 aromatic rings. The third-order valence-electron chi connectivity index (χ3n) is 2.39. The Balaban J connectivity index is 2.53. The number of hydrogen-bond donors (Lipinski definition) is 2. The molecule has 1 atom stereocenters. The lowest BCUT2D eigenvalue weighted by atomic mass is 9.95. The van der Waals surface area contributed by atoms with Gasteiger partial charge in [-0.15, -0.1) is 0 Å². The topological polar surface area (TPSA) is 49.3 Å². The smallest absolute Gasteiger partial charge is 0.225 e. The summed E-state index contributed by atoms with van der Waals surface area (Å²) in [5.41, 5.74) is 0.363. The van der Waals surface area contributed by atoms with Crippen LogP contribution in [0.5, 0.6) is 0 Å². The molecule has 0 aromatic heterocycles. The highest BCUT2D eigenvalue weighted by Gasteiger charge is 2.21. The Labute approximate surface area is 110 Å². The van der Waals surface area contributed by atoms with Gasteiger partial charge in [0.25, 0.3) is 0 Å². The second-order valence-electron chi connectivity index (χ2n) is 5.03. The van der Waals surface area contributed by atoms with Gasteiger partial charge >= 0.3 is 0 Å². The summed E-state index contributed by atoms with van der Waals surface area (Å²) in [6.07, 6.45) is -0.672. The van der Waals surface area contributed by atoms with E-state index in [4.69, 9.17) is 0 Å². The first-order chi connectivity index (χ1) is 7.80. The van der Waals surface area contributed by atoms with E-state index >= 15 is 0 Å². The summed E-state index contributed by atoms with van der Waals surface area (Å²) in [6, 6.07) is 7.39. The lowest BCUT2D eigenvalue weighted by Gasteiger charge is -2.19. The molecule has 0 heterocycles. The van der Waals surface area contributed by atoms with Gasteiger partial charge in [-0.2, -0.15) is 0 Å². The van der Waals surface area contributed by atoms with E-state index in [1.54, 1.807) is 0 Å². The number of carbonyl (C=O) groups excluding carboxylic acids is 1. The Kier molecular flexibility index (Phi) is 4.71. The first-order valence-electron chi connectivity index (χ1n) is 5.52. The van der Waals surface area contributed by atoms with Crippen LogP contribution in [0.15, 0.2) is 28.7 Å². The van der Waals surface area contributed by atoms with Crippen molar-refractivity contribution >= 4 is 21.8 Å². The lowest BCUT2D eigenvalue weighted by Crippen LogP contribution is -2.37. The summed E-state index contributed by atoms with van der Waals surface area (Å²) >= 11 is 3.33. The first-order valence-corrected chi connectivity index (χ1v) is 6.32. The molecule has 0 bridgehead atoms. The van der Waals surface area contributed by atoms with E-state index in [1.807, 2.05) is 45.0 Å². The molecule has 0 saturated carbocycles. The van der Waals surface area contributed by atoms with Gasteiger partial charge < -0.3 is 10.4 Å². The summed E-state index contributed by atoms with van der Waals surface area (Å²) < 4.78 is 0.965. The number of carbonyl (C=O) groups is 1. The van der Waals surface area contributed by atoms with Crippen molar-refractivity contribution in [2.24, 2.45) is 5.41 Å². The molecule has 1 unspecified atom stereocenters. The van der Waals surface area contributed by atoms with Crippen LogP contribution in [0.25, 0.3) is 0 Å². The van der Waals surface area contributed by atoms with Crippen LogP contribution in [0.1, 0.15) is 32.4 Å². The van der Waals surface area contributed by atoms with Crippen LogP contribution in [0.2, 0.25) is 0 Å². The second kappa shape index (κ2) is 5.65. The Morgan fingerprint density at radius 1 is 1.35 bits per heavy atom. The predicted molar refractivity (Wildman–Crippen MR) is 71.6 cm³/mol. The molecule has 0 fully saturated rings. The molecule has 1 aromatic carbocycles. The van der Waals surface area contributed by atoms with Crippen molar-refractivity contribution in [2.45, 2.75) is 26.9 Å². The summed E-state index contributed by atoms with van der Waals surface area (Å²) in [6.45, 7) is 5.76. The fourth-order valence-electron chi connectivity index (χ4n) is 1.26. The van der Waals surface area contributed by atoms with Crippen LogP contribution in [-0.4, -0.2) is 17.6 Å². The van der Waals surface area contributed by atoms with Gasteiger partial charge in [0.15, 0.2) is 0 Å². The number of rotatable bonds is 3. The van der Waals surface area contributed by atoms with Crippen LogP contribution in [0.3, 0.4) is 0 Å². The molecule has 17 heavy (non-hydrogen) atoms. The average molecular weight is 300 g/mol. The molecule has 0 aliphatic carbocycles. The van der Waals surface area contributed by atoms with E-state index in [1.165, 1.54) is 0 Å². The van der Waals surface area contributed by atoms with Crippen LogP contribution in [-0.2, 0) is 4.79 Å². The lowest BCUT2D eigenvalue weighted by molar-refractivity contribution is -0.128. The minimum Gasteiger partial charge on any atom is -0.387 e. The molecule has 3 nitrogen and oxygen atoms in total. The Hall–Kier alpha value is -0.870. The molecular weight excluding hydrogens is 282 g/mol. The van der Waals surface area contributed by atoms with Gasteiger partial charge in [-0.25, -0.2) is 0 Å². The fraction of sp³-hybridized carbons (Fsp3) is 0.462. The molecule has 0 spiro atoms. The summed E-state index contributed by atoms with van der Waals surface area (Å²) in [5, 5.41) is 12.6. The van der Waals surface area contributed by atoms with Crippen molar-refractivity contribution in [3.63, 3.8) is 0 Å². The summed E-state index contributed by atoms with van der Waals surface area (Å²) in [5.74, 6) is -0.0614. The van der Waals surface area contributed by atoms with Crippen molar-refractivity contribution in [1.29, 1.82) is 0 Å². The average Bonchev–Trinajstić information content (AvgIpc) is 2.25. The van der Waals surface area contributed by atoms with E-state index < -0.39 is 11.5 Å². The third-order valence-corrected chi connectivity index (χ3v) is 2.92. The van der Waals surface area contributed by atoms with Gasteiger partial charge in [0, 0.05) is 16.4 Å². The standard InChI is InChI=1S/C13H18BrNO2/c1-13(2,3)12(17)15-8-11(16)9-4-6-10(14)7-5-9/h4-7,11,16H,8H2,1-3H3,(H,15,17). The molecule has 1 rings (SSSR count). The van der Waals surface area contributed by atoms with Gasteiger partial charge in [-0.3, -0.25) is 4.79 Å². The van der Waals surface area contributed by atoms with E-state index in [0.717, 1.165) is 10.0 Å². The van der Waals surface area contributed by atoms with Crippen LogP contribution < -0.4 is 5.32 Å². The van der Waals surface area contributed by atoms with Gasteiger partial charge in [0.2, 0.25) is 5.91 Å². The van der Waals surface area contributed by atoms with Crippen molar-refractivity contribution in [3.8, 4) is 0 Å². The minimum atomic E-state index is -0.672. The molecule has 0 aliphatic rings. The third kappa shape index (κ3) is 4.48. The largest absolute Gasteiger partial charge is 0.387 e. The zero-order valence-corrected chi connectivity index (χ0v) is 11.9. The maximum absolute atomic E-state index is 11.6. The number of nitrogens with one attached hydrogen (secondary N) is 1. The van der Waals surface area contributed by atoms with Gasteiger partial charge in [0.05, 0.1) is 6.10 Å². The van der Waals surface area contributed by atoms with Crippen molar-refractivity contribution < 1.29 is 9.90 Å². The second-order valence-corrected chi connectivity index (χ2v) is 5.94. The number of halogens is 1. The highest BCUT2D eigenvalue weighted by atomic mass is 79.9. The molecular formula is C13H18BrNO2. The molecule has 0 saturated heterocycles. The Bertz CT molecular complexity index is 381.